The second kappa shape index (κ2) is 67.1. The predicted octanol–water partition coefficient (Wildman–Crippen LogP) is 22.0. The summed E-state index contributed by atoms with van der Waals surface area (Å²) in [5.74, 6) is 11.4. The van der Waals surface area contributed by atoms with Gasteiger partial charge in [-0.05, 0) is 168 Å². The van der Waals surface area contributed by atoms with Crippen molar-refractivity contribution >= 4 is 199 Å². The number of carbonyl (C=O) groups is 4. The van der Waals surface area contributed by atoms with E-state index in [0.29, 0.717) is 50.9 Å². The smallest absolute Gasteiger partial charge is 0.407 e. The number of alkyl halides is 1. The van der Waals surface area contributed by atoms with Crippen LogP contribution in [-0.4, -0.2) is 177 Å². The van der Waals surface area contributed by atoms with Crippen LogP contribution in [0.3, 0.4) is 0 Å². The third kappa shape index (κ3) is 63.4. The maximum atomic E-state index is 11.8. The number of nitrogens with two attached hydrogens (primary N) is 3. The summed E-state index contributed by atoms with van der Waals surface area (Å²) in [6.07, 6.45) is 11.2. The molecule has 4 amide bonds. The molecule has 0 aliphatic heterocycles. The molecule has 0 saturated heterocycles. The van der Waals surface area contributed by atoms with Crippen molar-refractivity contribution in [3.05, 3.63) is 178 Å². The zero-order chi connectivity index (χ0) is 92.2. The van der Waals surface area contributed by atoms with Crippen LogP contribution in [-0.2, 0) is 59.3 Å². The lowest BCUT2D eigenvalue weighted by Gasteiger charge is -2.20. The monoisotopic (exact) mass is 1980 g/mol. The van der Waals surface area contributed by atoms with Crippen LogP contribution in [0, 0.1) is 9.93 Å². The molecule has 10 N–H and O–H groups in total. The fourth-order valence-corrected chi connectivity index (χ4v) is 21.0. The maximum Gasteiger partial charge on any atom is 0.407 e. The molecule has 7 heterocycles. The summed E-state index contributed by atoms with van der Waals surface area (Å²) in [4.78, 5) is 99.0. The van der Waals surface area contributed by atoms with Gasteiger partial charge in [0.15, 0.2) is 0 Å². The molecule has 0 spiro atoms. The van der Waals surface area contributed by atoms with Crippen LogP contribution in [0.1, 0.15) is 164 Å². The van der Waals surface area contributed by atoms with Gasteiger partial charge < -0.3 is 57.4 Å². The van der Waals surface area contributed by atoms with Gasteiger partial charge >= 0.3 is 24.4 Å². The van der Waals surface area contributed by atoms with E-state index >= 15 is 0 Å². The lowest BCUT2D eigenvalue weighted by Crippen LogP contribution is -2.33. The van der Waals surface area contributed by atoms with Crippen LogP contribution in [0.2, 0.25) is 0 Å². The molecule has 0 fully saturated rings. The molecule has 7 aromatic heterocycles. The maximum absolute atomic E-state index is 11.8. The minimum Gasteiger partial charge on any atom is -0.444 e. The van der Waals surface area contributed by atoms with Crippen molar-refractivity contribution in [3.63, 3.8) is 0 Å². The van der Waals surface area contributed by atoms with Gasteiger partial charge in [-0.25, -0.2) is 19.2 Å². The first-order valence-electron chi connectivity index (χ1n) is 39.3. The van der Waals surface area contributed by atoms with E-state index in [-0.39, 0.29) is 21.7 Å². The van der Waals surface area contributed by atoms with Crippen LogP contribution in [0.15, 0.2) is 163 Å². The topological polar surface area (TPSA) is 356 Å². The van der Waals surface area contributed by atoms with Gasteiger partial charge in [0.05, 0.1) is 45.7 Å². The SMILES string of the molecule is CC(C)(C)OC(=O)NCCS.CC(C)(C)OC(=O)NCCSCc1ncccc1SC(C)(C)C.CC(C)(C)OC(=O)NCCSCc1ncccc1SSc1cccnc1CSCCNC(=O)OC(C)(C)C.CC(C)(C)Sc1cccnc1CCl.NCCSCc1ncccc1S.NCCSCc1ncccc1SSc1cccnc1CSCCN.O=O. The summed E-state index contributed by atoms with van der Waals surface area (Å²) in [6.45, 7) is 39.6. The van der Waals surface area contributed by atoms with Crippen LogP contribution >= 0.6 is 174 Å². The minimum atomic E-state index is -0.499. The number of hydrogen-bond acceptors (Lipinski definition) is 34. The molecular formula is C84H129ClN14O10S14. The molecule has 7 aromatic rings. The predicted molar refractivity (Wildman–Crippen MR) is 543 cm³/mol. The third-order valence-electron chi connectivity index (χ3n) is 13.1. The number of nitrogens with zero attached hydrogens (tertiary/aromatic N) is 7. The average molecular weight is 1980 g/mol. The van der Waals surface area contributed by atoms with E-state index in [0.717, 1.165) is 130 Å². The van der Waals surface area contributed by atoms with Crippen molar-refractivity contribution in [1.82, 2.24) is 56.2 Å². The normalized spacial score (nSPS) is 11.2. The summed E-state index contributed by atoms with van der Waals surface area (Å²) in [7, 11) is 6.84. The standard InChI is InChI=1S/C26H38N4O4S4.C17H28N2O2S2.C16H22N4S4.C10H14ClNS.C8H12N2S2.C7H15NO2S.O2/c1-25(2,3)33-23(31)29-13-15-35-17-19-21(9-7-11-27-19)37-38-22-10-8-12-28-20(22)18-36-16-14-30-24(32)34-26(4,5)6;1-16(2,3)21-15(20)19-10-11-22-12-13-14(8-7-9-18-13)23-17(4,5)6;17-5-9-21-11-13-15(3-1-7-19-13)23-24-16-4-2-8-20-14(16)12-22-10-6-18;1-10(2,3)13-9-5-4-6-12-8(9)7-11;9-3-5-12-6-7-8(11)2-1-4-10-7;1-7(2,3)10-6(9)8-4-5-11;1-2/h7-12H,13-18H2,1-6H3,(H,29,31)(H,30,32);7-9H,10-12H2,1-6H3,(H,19,20);1-4,7-8H,5-6,9-12,17-18H2;4-6H,7H2,1-3H3;1-2,4,11H,3,5-6,9H2;11H,4-5H2,1-3H3,(H,8,9);. The Labute approximate surface area is 797 Å². The number of halogens is 1. The van der Waals surface area contributed by atoms with E-state index in [1.54, 1.807) is 127 Å². The summed E-state index contributed by atoms with van der Waals surface area (Å²) < 4.78 is 21.1. The first kappa shape index (κ1) is 117. The second-order valence-electron chi connectivity index (χ2n) is 31.2. The van der Waals surface area contributed by atoms with Gasteiger partial charge in [0.2, 0.25) is 0 Å². The molecule has 686 valence electrons. The molecule has 123 heavy (non-hydrogen) atoms. The van der Waals surface area contributed by atoms with Gasteiger partial charge in [-0.1, -0.05) is 84.7 Å². The Balaban J connectivity index is 0.000000778. The molecule has 0 saturated carbocycles. The summed E-state index contributed by atoms with van der Waals surface area (Å²) in [5, 5.41) is 10.9. The van der Waals surface area contributed by atoms with E-state index in [4.69, 9.17) is 57.7 Å². The molecule has 0 aromatic carbocycles. The van der Waals surface area contributed by atoms with Gasteiger partial charge in [0.25, 0.3) is 0 Å². The highest BCUT2D eigenvalue weighted by Gasteiger charge is 2.22. The fraction of sp³-hybridized carbons (Fsp3) is 0.536. The number of nitrogens with one attached hydrogen (secondary N) is 4. The van der Waals surface area contributed by atoms with Crippen molar-refractivity contribution in [2.75, 3.05) is 86.1 Å². The first-order chi connectivity index (χ1) is 58.2. The molecule has 0 unspecified atom stereocenters. The molecule has 0 atom stereocenters. The van der Waals surface area contributed by atoms with Gasteiger partial charge in [0, 0.05) is 218 Å². The van der Waals surface area contributed by atoms with Crippen molar-refractivity contribution < 1.29 is 38.1 Å². The zero-order valence-corrected chi connectivity index (χ0v) is 86.4. The number of thiol groups is 2. The molecule has 7 rings (SSSR count). The zero-order valence-electron chi connectivity index (χ0n) is 74.1. The summed E-state index contributed by atoms with van der Waals surface area (Å²) in [6, 6.07) is 28.2. The molecule has 0 aliphatic carbocycles. The van der Waals surface area contributed by atoms with Gasteiger partial charge in [0.1, 0.15) is 22.4 Å². The van der Waals surface area contributed by atoms with E-state index in [2.05, 4.69) is 159 Å². The molecule has 0 bridgehead atoms. The van der Waals surface area contributed by atoms with Crippen molar-refractivity contribution in [2.45, 2.75) is 231 Å². The Morgan fingerprint density at radius 3 is 0.805 bits per heavy atom. The Morgan fingerprint density at radius 1 is 0.341 bits per heavy atom. The fourth-order valence-electron chi connectivity index (χ4n) is 8.40. The van der Waals surface area contributed by atoms with Gasteiger partial charge in [-0.2, -0.15) is 83.2 Å². The number of alkyl carbamates (subject to hydrolysis) is 4. The third-order valence-corrected chi connectivity index (χ3v) is 27.3. The molecule has 0 radical (unpaired) electrons. The number of aromatic nitrogens is 7. The van der Waals surface area contributed by atoms with E-state index < -0.39 is 34.6 Å². The summed E-state index contributed by atoms with van der Waals surface area (Å²) >= 11 is 28.3. The number of pyridine rings is 7. The Hall–Kier alpha value is -4.20. The van der Waals surface area contributed by atoms with Crippen molar-refractivity contribution in [3.8, 4) is 0 Å². The van der Waals surface area contributed by atoms with E-state index in [1.807, 2.05) is 185 Å². The van der Waals surface area contributed by atoms with E-state index in [9.17, 15) is 19.2 Å². The highest BCUT2D eigenvalue weighted by Crippen LogP contribution is 2.43. The lowest BCUT2D eigenvalue weighted by molar-refractivity contribution is 0.0519. The number of ether oxygens (including phenoxy) is 4. The highest BCUT2D eigenvalue weighted by molar-refractivity contribution is 8.77. The highest BCUT2D eigenvalue weighted by atomic mass is 35.5. The number of rotatable bonds is 38. The number of thioether (sulfide) groups is 8. The first-order valence-corrected chi connectivity index (χ1v) is 53.8. The Bertz CT molecular complexity index is 3920. The lowest BCUT2D eigenvalue weighted by atomic mass is 10.2. The molecule has 39 heteroatoms. The molecule has 0 aliphatic rings. The molecular weight excluding hydrogens is 1850 g/mol. The largest absolute Gasteiger partial charge is 0.444 e. The van der Waals surface area contributed by atoms with Gasteiger partial charge in [-0.15, -0.1) is 47.8 Å². The number of amides is 4. The number of hydrogen-bond donors (Lipinski definition) is 9. The van der Waals surface area contributed by atoms with Crippen LogP contribution in [0.25, 0.3) is 0 Å². The van der Waals surface area contributed by atoms with Crippen molar-refractivity contribution in [2.24, 2.45) is 17.2 Å². The number of carbonyl (C=O) groups excluding carboxylic acids is 4. The van der Waals surface area contributed by atoms with E-state index in [1.165, 1.54) is 19.6 Å². The molecule has 24 nitrogen and oxygen atoms in total. The van der Waals surface area contributed by atoms with Crippen LogP contribution < -0.4 is 38.5 Å². The van der Waals surface area contributed by atoms with Crippen molar-refractivity contribution in [1.29, 1.82) is 0 Å². The second-order valence-corrected chi connectivity index (χ2v) is 47.2. The van der Waals surface area contributed by atoms with Crippen LogP contribution in [0.4, 0.5) is 19.2 Å². The average Bonchev–Trinajstić information content (AvgIpc) is 0.869. The summed E-state index contributed by atoms with van der Waals surface area (Å²) in [5.41, 5.74) is 22.0. The van der Waals surface area contributed by atoms with Crippen LogP contribution in [0.5, 0.6) is 0 Å². The Kier molecular flexibility index (Phi) is 63.7. The minimum absolute atomic E-state index is 0.167. The quantitative estimate of drug-likeness (QED) is 0.00433. The van der Waals surface area contributed by atoms with Gasteiger partial charge in [-0.3, -0.25) is 34.9 Å². The Morgan fingerprint density at radius 2 is 0.561 bits per heavy atom.